The summed E-state index contributed by atoms with van der Waals surface area (Å²) < 4.78 is 0. The average Bonchev–Trinajstić information content (AvgIpc) is 2.52. The summed E-state index contributed by atoms with van der Waals surface area (Å²) in [6.07, 6.45) is -0.673. The molecule has 0 saturated carbocycles. The van der Waals surface area contributed by atoms with Gasteiger partial charge in [-0.15, -0.1) is 11.3 Å². The van der Waals surface area contributed by atoms with Crippen molar-refractivity contribution in [2.75, 3.05) is 0 Å². The number of hydrogen-bond acceptors (Lipinski definition) is 4. The molecule has 1 aromatic heterocycles. The number of nitriles is 2. The third kappa shape index (κ3) is 1.82. The van der Waals surface area contributed by atoms with E-state index in [-0.39, 0.29) is 6.42 Å². The van der Waals surface area contributed by atoms with Gasteiger partial charge < -0.3 is 5.11 Å². The Labute approximate surface area is 74.1 Å². The molecule has 0 radical (unpaired) electrons. The van der Waals surface area contributed by atoms with E-state index in [4.69, 9.17) is 10.5 Å². The van der Waals surface area contributed by atoms with Crippen LogP contribution in [0.1, 0.15) is 22.3 Å². The van der Waals surface area contributed by atoms with Crippen LogP contribution in [0.25, 0.3) is 0 Å². The molecule has 1 aromatic rings. The van der Waals surface area contributed by atoms with Crippen LogP contribution < -0.4 is 0 Å². The summed E-state index contributed by atoms with van der Waals surface area (Å²) in [5.74, 6) is 0. The van der Waals surface area contributed by atoms with Gasteiger partial charge in [0.25, 0.3) is 0 Å². The van der Waals surface area contributed by atoms with E-state index in [0.717, 1.165) is 0 Å². The predicted molar refractivity (Wildman–Crippen MR) is 44.2 cm³/mol. The van der Waals surface area contributed by atoms with Crippen LogP contribution in [0.15, 0.2) is 12.1 Å². The largest absolute Gasteiger partial charge is 0.386 e. The van der Waals surface area contributed by atoms with Crippen LogP contribution in [0.5, 0.6) is 0 Å². The Morgan fingerprint density at radius 3 is 2.75 bits per heavy atom. The first-order valence-corrected chi connectivity index (χ1v) is 4.14. The maximum absolute atomic E-state index is 9.31. The van der Waals surface area contributed by atoms with E-state index in [0.29, 0.717) is 9.75 Å². The first kappa shape index (κ1) is 8.73. The number of hydrogen-bond donors (Lipinski definition) is 1. The third-order valence-electron chi connectivity index (χ3n) is 1.35. The van der Waals surface area contributed by atoms with E-state index in [1.807, 2.05) is 12.1 Å². The molecule has 0 aliphatic heterocycles. The van der Waals surface area contributed by atoms with Gasteiger partial charge in [-0.2, -0.15) is 10.5 Å². The second-order valence-electron chi connectivity index (χ2n) is 2.19. The van der Waals surface area contributed by atoms with Crippen LogP contribution in [0, 0.1) is 22.7 Å². The van der Waals surface area contributed by atoms with E-state index < -0.39 is 6.10 Å². The fourth-order valence-electron chi connectivity index (χ4n) is 0.779. The van der Waals surface area contributed by atoms with E-state index in [1.54, 1.807) is 12.1 Å². The van der Waals surface area contributed by atoms with Crippen LogP contribution in [0.2, 0.25) is 0 Å². The highest BCUT2D eigenvalue weighted by Gasteiger charge is 2.09. The number of aliphatic hydroxyl groups is 1. The number of rotatable bonds is 2. The van der Waals surface area contributed by atoms with Crippen LogP contribution >= 0.6 is 11.3 Å². The highest BCUT2D eigenvalue weighted by Crippen LogP contribution is 2.24. The molecule has 4 heteroatoms. The zero-order chi connectivity index (χ0) is 8.97. The maximum Gasteiger partial charge on any atom is 0.110 e. The Kier molecular flexibility index (Phi) is 2.82. The van der Waals surface area contributed by atoms with Crippen molar-refractivity contribution in [3.63, 3.8) is 0 Å². The van der Waals surface area contributed by atoms with E-state index >= 15 is 0 Å². The summed E-state index contributed by atoms with van der Waals surface area (Å²) in [7, 11) is 0. The first-order valence-electron chi connectivity index (χ1n) is 3.32. The molecule has 0 amide bonds. The van der Waals surface area contributed by atoms with Gasteiger partial charge in [-0.3, -0.25) is 0 Å². The van der Waals surface area contributed by atoms with Gasteiger partial charge in [0, 0.05) is 4.88 Å². The fraction of sp³-hybridized carbons (Fsp3) is 0.250. The minimum absolute atomic E-state index is 0.0748. The number of aliphatic hydroxyl groups excluding tert-OH is 1. The van der Waals surface area contributed by atoms with Crippen molar-refractivity contribution in [3.8, 4) is 12.1 Å². The summed E-state index contributed by atoms with van der Waals surface area (Å²) in [5, 5.41) is 26.1. The van der Waals surface area contributed by atoms with E-state index in [1.165, 1.54) is 11.3 Å². The van der Waals surface area contributed by atoms with E-state index in [9.17, 15) is 5.11 Å². The van der Waals surface area contributed by atoms with Gasteiger partial charge in [0.15, 0.2) is 0 Å². The highest BCUT2D eigenvalue weighted by atomic mass is 32.1. The Balaban J connectivity index is 2.77. The predicted octanol–water partition coefficient (Wildman–Crippen LogP) is 1.57. The van der Waals surface area contributed by atoms with Crippen molar-refractivity contribution in [1.29, 1.82) is 10.5 Å². The molecule has 0 aromatic carbocycles. The summed E-state index contributed by atoms with van der Waals surface area (Å²) >= 11 is 1.22. The average molecular weight is 178 g/mol. The molecule has 3 nitrogen and oxygen atoms in total. The molecular weight excluding hydrogens is 172 g/mol. The fourth-order valence-corrected chi connectivity index (χ4v) is 1.57. The summed E-state index contributed by atoms with van der Waals surface area (Å²) in [6, 6.07) is 7.15. The lowest BCUT2D eigenvalue weighted by Gasteiger charge is -1.99. The normalized spacial score (nSPS) is 11.6. The molecule has 12 heavy (non-hydrogen) atoms. The molecule has 1 heterocycles. The van der Waals surface area contributed by atoms with Gasteiger partial charge in [-0.1, -0.05) is 0 Å². The Morgan fingerprint density at radius 1 is 1.50 bits per heavy atom. The van der Waals surface area contributed by atoms with Crippen LogP contribution in [-0.2, 0) is 0 Å². The highest BCUT2D eigenvalue weighted by molar-refractivity contribution is 7.12. The second kappa shape index (κ2) is 3.87. The van der Waals surface area contributed by atoms with Crippen molar-refractivity contribution < 1.29 is 5.11 Å². The van der Waals surface area contributed by atoms with Crippen molar-refractivity contribution in [2.24, 2.45) is 0 Å². The Bertz CT molecular complexity index is 345. The van der Waals surface area contributed by atoms with E-state index in [2.05, 4.69) is 0 Å². The van der Waals surface area contributed by atoms with Gasteiger partial charge in [0.2, 0.25) is 0 Å². The van der Waals surface area contributed by atoms with Gasteiger partial charge in [-0.05, 0) is 12.1 Å². The lowest BCUT2D eigenvalue weighted by atomic mass is 10.2. The summed E-state index contributed by atoms with van der Waals surface area (Å²) in [6.45, 7) is 0. The molecule has 0 aliphatic rings. The first-order chi connectivity index (χ1) is 5.77. The SMILES string of the molecule is N#CCC(O)c1ccc(C#N)s1. The minimum Gasteiger partial charge on any atom is -0.386 e. The summed E-state index contributed by atoms with van der Waals surface area (Å²) in [5.41, 5.74) is 0. The van der Waals surface area contributed by atoms with Gasteiger partial charge in [0.05, 0.1) is 12.5 Å². The zero-order valence-corrected chi connectivity index (χ0v) is 7.01. The summed E-state index contributed by atoms with van der Waals surface area (Å²) in [4.78, 5) is 1.23. The molecule has 1 atom stereocenters. The molecule has 0 bridgehead atoms. The van der Waals surface area contributed by atoms with Crippen LogP contribution in [-0.4, -0.2) is 5.11 Å². The zero-order valence-electron chi connectivity index (χ0n) is 6.19. The molecule has 1 unspecified atom stereocenters. The van der Waals surface area contributed by atoms with Gasteiger partial charge in [0.1, 0.15) is 17.1 Å². The third-order valence-corrected chi connectivity index (χ3v) is 2.44. The minimum atomic E-state index is -0.748. The molecular formula is C8H6N2OS. The maximum atomic E-state index is 9.31. The standard InChI is InChI=1S/C8H6N2OS/c9-4-3-7(11)8-2-1-6(5-10)12-8/h1-2,7,11H,3H2. The molecule has 1 N–H and O–H groups in total. The monoisotopic (exact) mass is 178 g/mol. The van der Waals surface area contributed by atoms with Crippen LogP contribution in [0.3, 0.4) is 0 Å². The van der Waals surface area contributed by atoms with Gasteiger partial charge >= 0.3 is 0 Å². The number of nitrogens with zero attached hydrogens (tertiary/aromatic N) is 2. The molecule has 0 spiro atoms. The van der Waals surface area contributed by atoms with Gasteiger partial charge in [-0.25, -0.2) is 0 Å². The smallest absolute Gasteiger partial charge is 0.110 e. The van der Waals surface area contributed by atoms with Crippen molar-refractivity contribution in [2.45, 2.75) is 12.5 Å². The van der Waals surface area contributed by atoms with Crippen molar-refractivity contribution in [1.82, 2.24) is 0 Å². The second-order valence-corrected chi connectivity index (χ2v) is 3.31. The Hall–Kier alpha value is -1.36. The van der Waals surface area contributed by atoms with Crippen LogP contribution in [0.4, 0.5) is 0 Å². The molecule has 0 saturated heterocycles. The molecule has 0 fully saturated rings. The molecule has 1 rings (SSSR count). The Morgan fingerprint density at radius 2 is 2.25 bits per heavy atom. The lowest BCUT2D eigenvalue weighted by molar-refractivity contribution is 0.187. The molecule has 0 aliphatic carbocycles. The quantitative estimate of drug-likeness (QED) is 0.747. The lowest BCUT2D eigenvalue weighted by Crippen LogP contribution is -1.90. The topological polar surface area (TPSA) is 67.8 Å². The van der Waals surface area contributed by atoms with Crippen molar-refractivity contribution in [3.05, 3.63) is 21.9 Å². The molecule has 60 valence electrons. The number of thiophene rings is 1. The van der Waals surface area contributed by atoms with Crippen molar-refractivity contribution >= 4 is 11.3 Å².